The number of rotatable bonds is 3. The van der Waals surface area contributed by atoms with Crippen molar-refractivity contribution in [2.24, 2.45) is 0 Å². The summed E-state index contributed by atoms with van der Waals surface area (Å²) in [6.07, 6.45) is 10.3. The second kappa shape index (κ2) is 5.45. The van der Waals surface area contributed by atoms with E-state index in [1.165, 1.54) is 32.1 Å². The highest BCUT2D eigenvalue weighted by molar-refractivity contribution is 8.00. The predicted molar refractivity (Wildman–Crippen MR) is 86.3 cm³/mol. The summed E-state index contributed by atoms with van der Waals surface area (Å²) in [5.74, 6) is 0.536. The van der Waals surface area contributed by atoms with Gasteiger partial charge >= 0.3 is 0 Å². The molecule has 0 radical (unpaired) electrons. The average Bonchev–Trinajstić information content (AvgIpc) is 2.75. The lowest BCUT2D eigenvalue weighted by molar-refractivity contribution is 0.362. The van der Waals surface area contributed by atoms with E-state index in [-0.39, 0.29) is 4.75 Å². The highest BCUT2D eigenvalue weighted by Crippen LogP contribution is 2.40. The van der Waals surface area contributed by atoms with Gasteiger partial charge in [0.05, 0.1) is 5.02 Å². The number of pyridine rings is 1. The highest BCUT2D eigenvalue weighted by Gasteiger charge is 2.32. The smallest absolute Gasteiger partial charge is 0.202 e. The average molecular weight is 311 g/mol. The molecule has 2 heterocycles. The summed E-state index contributed by atoms with van der Waals surface area (Å²) in [5.41, 5.74) is 7.71. The van der Waals surface area contributed by atoms with Crippen molar-refractivity contribution in [2.75, 3.05) is 12.0 Å². The van der Waals surface area contributed by atoms with Gasteiger partial charge in [0.2, 0.25) is 5.95 Å². The minimum absolute atomic E-state index is 0.265. The lowest BCUT2D eigenvalue weighted by Crippen LogP contribution is -2.33. The third-order valence-electron chi connectivity index (χ3n) is 4.23. The van der Waals surface area contributed by atoms with Crippen LogP contribution in [0.4, 0.5) is 5.95 Å². The number of nitrogens with two attached hydrogens (primary N) is 1. The Balaban J connectivity index is 1.99. The number of aromatic nitrogens is 3. The van der Waals surface area contributed by atoms with Gasteiger partial charge in [-0.2, -0.15) is 11.8 Å². The molecule has 0 aromatic carbocycles. The standard InChI is InChI=1S/C14H19ClN4S/c1-20-14(5-3-2-4-6-14)9-19-12-11(18-13(19)16)7-10(15)8-17-12/h7-8H,2-6,9H2,1H3,(H2,16,18). The summed E-state index contributed by atoms with van der Waals surface area (Å²) in [4.78, 5) is 8.80. The predicted octanol–water partition coefficient (Wildman–Crippen LogP) is 3.73. The zero-order chi connectivity index (χ0) is 14.2. The lowest BCUT2D eigenvalue weighted by atomic mass is 9.88. The molecule has 1 saturated carbocycles. The number of nitrogen functional groups attached to an aromatic ring is 1. The number of thioether (sulfide) groups is 1. The van der Waals surface area contributed by atoms with E-state index in [0.717, 1.165) is 17.7 Å². The van der Waals surface area contributed by atoms with Crippen molar-refractivity contribution in [2.45, 2.75) is 43.4 Å². The van der Waals surface area contributed by atoms with Crippen LogP contribution in [-0.2, 0) is 6.54 Å². The van der Waals surface area contributed by atoms with Gasteiger partial charge in [0, 0.05) is 17.5 Å². The lowest BCUT2D eigenvalue weighted by Gasteiger charge is -2.36. The monoisotopic (exact) mass is 310 g/mol. The van der Waals surface area contributed by atoms with Crippen LogP contribution in [-0.4, -0.2) is 25.5 Å². The topological polar surface area (TPSA) is 56.7 Å². The number of halogens is 1. The van der Waals surface area contributed by atoms with E-state index in [1.807, 2.05) is 22.4 Å². The first kappa shape index (κ1) is 14.0. The summed E-state index contributed by atoms with van der Waals surface area (Å²) in [7, 11) is 0. The van der Waals surface area contributed by atoms with E-state index in [0.29, 0.717) is 11.0 Å². The van der Waals surface area contributed by atoms with Crippen LogP contribution in [0.3, 0.4) is 0 Å². The number of nitrogens with zero attached hydrogens (tertiary/aromatic N) is 3. The number of imidazole rings is 1. The summed E-state index contributed by atoms with van der Waals surface area (Å²) in [6, 6.07) is 1.82. The van der Waals surface area contributed by atoms with Crippen LogP contribution in [0, 0.1) is 0 Å². The molecule has 4 nitrogen and oxygen atoms in total. The molecule has 0 aliphatic heterocycles. The second-order valence-corrected chi connectivity index (χ2v) is 7.21. The quantitative estimate of drug-likeness (QED) is 0.938. The van der Waals surface area contributed by atoms with Crippen molar-refractivity contribution >= 4 is 40.5 Å². The van der Waals surface area contributed by atoms with Crippen molar-refractivity contribution in [1.82, 2.24) is 14.5 Å². The summed E-state index contributed by atoms with van der Waals surface area (Å²) in [5, 5.41) is 0.597. The van der Waals surface area contributed by atoms with Crippen LogP contribution in [0.5, 0.6) is 0 Å². The maximum absolute atomic E-state index is 6.09. The van der Waals surface area contributed by atoms with Gasteiger partial charge in [0.1, 0.15) is 5.52 Å². The molecule has 0 spiro atoms. The Morgan fingerprint density at radius 3 is 2.85 bits per heavy atom. The third-order valence-corrected chi connectivity index (χ3v) is 5.84. The Morgan fingerprint density at radius 2 is 2.15 bits per heavy atom. The molecule has 2 aromatic rings. The number of fused-ring (bicyclic) bond motifs is 1. The molecule has 108 valence electrons. The molecule has 2 aromatic heterocycles. The van der Waals surface area contributed by atoms with Gasteiger partial charge in [-0.25, -0.2) is 9.97 Å². The molecule has 3 rings (SSSR count). The van der Waals surface area contributed by atoms with Crippen molar-refractivity contribution in [3.63, 3.8) is 0 Å². The van der Waals surface area contributed by atoms with Gasteiger partial charge < -0.3 is 5.73 Å². The molecule has 1 aliphatic carbocycles. The van der Waals surface area contributed by atoms with Crippen LogP contribution >= 0.6 is 23.4 Å². The molecule has 0 atom stereocenters. The number of hydrogen-bond acceptors (Lipinski definition) is 4. The molecule has 0 saturated heterocycles. The van der Waals surface area contributed by atoms with E-state index in [9.17, 15) is 0 Å². The SMILES string of the molecule is CSC1(Cn2c(N)nc3cc(Cl)cnc32)CCCCC1. The summed E-state index contributed by atoms with van der Waals surface area (Å²) in [6.45, 7) is 0.880. The number of anilines is 1. The fraction of sp³-hybridized carbons (Fsp3) is 0.571. The largest absolute Gasteiger partial charge is 0.369 e. The molecule has 1 aliphatic rings. The van der Waals surface area contributed by atoms with Gasteiger partial charge in [0.25, 0.3) is 0 Å². The normalized spacial score (nSPS) is 18.5. The van der Waals surface area contributed by atoms with Crippen molar-refractivity contribution in [3.05, 3.63) is 17.3 Å². The fourth-order valence-corrected chi connectivity index (χ4v) is 4.18. The fourth-order valence-electron chi connectivity index (χ4n) is 3.07. The third kappa shape index (κ3) is 2.49. The number of hydrogen-bond donors (Lipinski definition) is 1. The maximum Gasteiger partial charge on any atom is 0.202 e. The molecule has 0 amide bonds. The Hall–Kier alpha value is -0.940. The van der Waals surface area contributed by atoms with Gasteiger partial charge in [-0.1, -0.05) is 30.9 Å². The summed E-state index contributed by atoms with van der Waals surface area (Å²) < 4.78 is 2.31. The van der Waals surface area contributed by atoms with E-state index >= 15 is 0 Å². The molecule has 20 heavy (non-hydrogen) atoms. The van der Waals surface area contributed by atoms with Gasteiger partial charge in [0.15, 0.2) is 5.65 Å². The molecule has 1 fully saturated rings. The van der Waals surface area contributed by atoms with Crippen molar-refractivity contribution < 1.29 is 0 Å². The molecular weight excluding hydrogens is 292 g/mol. The Bertz CT molecular complexity index is 619. The molecule has 0 unspecified atom stereocenters. The highest BCUT2D eigenvalue weighted by atomic mass is 35.5. The van der Waals surface area contributed by atoms with Gasteiger partial charge in [-0.05, 0) is 25.2 Å². The molecule has 6 heteroatoms. The second-order valence-electron chi connectivity index (χ2n) is 5.50. The first-order valence-electron chi connectivity index (χ1n) is 6.96. The van der Waals surface area contributed by atoms with E-state index in [1.54, 1.807) is 6.20 Å². The summed E-state index contributed by atoms with van der Waals surface area (Å²) >= 11 is 7.92. The van der Waals surface area contributed by atoms with Crippen LogP contribution in [0.25, 0.3) is 11.2 Å². The molecule has 0 bridgehead atoms. The Labute approximate surface area is 128 Å². The van der Waals surface area contributed by atoms with Gasteiger partial charge in [-0.15, -0.1) is 0 Å². The first-order valence-corrected chi connectivity index (χ1v) is 8.56. The van der Waals surface area contributed by atoms with Crippen LogP contribution in [0.2, 0.25) is 5.02 Å². The van der Waals surface area contributed by atoms with Crippen LogP contribution in [0.15, 0.2) is 12.3 Å². The Morgan fingerprint density at radius 1 is 1.40 bits per heavy atom. The van der Waals surface area contributed by atoms with E-state index in [4.69, 9.17) is 17.3 Å². The zero-order valence-electron chi connectivity index (χ0n) is 11.6. The molecular formula is C14H19ClN4S. The minimum Gasteiger partial charge on any atom is -0.369 e. The van der Waals surface area contributed by atoms with E-state index in [2.05, 4.69) is 16.2 Å². The van der Waals surface area contributed by atoms with Gasteiger partial charge in [-0.3, -0.25) is 4.57 Å². The van der Waals surface area contributed by atoms with E-state index < -0.39 is 0 Å². The Kier molecular flexibility index (Phi) is 3.82. The van der Waals surface area contributed by atoms with Crippen molar-refractivity contribution in [3.8, 4) is 0 Å². The zero-order valence-corrected chi connectivity index (χ0v) is 13.2. The van der Waals surface area contributed by atoms with Crippen molar-refractivity contribution in [1.29, 1.82) is 0 Å². The van der Waals surface area contributed by atoms with Crippen LogP contribution in [0.1, 0.15) is 32.1 Å². The van der Waals surface area contributed by atoms with Crippen LogP contribution < -0.4 is 5.73 Å². The maximum atomic E-state index is 6.09. The molecule has 2 N–H and O–H groups in total. The first-order chi connectivity index (χ1) is 9.63. The minimum atomic E-state index is 0.265.